The van der Waals surface area contributed by atoms with Crippen molar-refractivity contribution in [2.75, 3.05) is 0 Å². The number of carbonyl (C=O) groups excluding carboxylic acids is 1. The summed E-state index contributed by atoms with van der Waals surface area (Å²) in [6, 6.07) is 3.47. The minimum Gasteiger partial charge on any atom is -0.439 e. The molecule has 3 rings (SSSR count). The molecule has 1 aromatic heterocycles. The summed E-state index contributed by atoms with van der Waals surface area (Å²) in [7, 11) is 0. The number of ether oxygens (including phenoxy) is 1. The Morgan fingerprint density at radius 3 is 2.37 bits per heavy atom. The molecule has 0 saturated heterocycles. The number of carbonyl (C=O) groups is 1. The van der Waals surface area contributed by atoms with Crippen molar-refractivity contribution >= 4 is 11.8 Å². The Bertz CT molecular complexity index is 916. The van der Waals surface area contributed by atoms with Crippen LogP contribution in [-0.4, -0.2) is 27.7 Å². The molecular weight excluding hydrogens is 382 g/mol. The molecule has 12 heteroatoms. The predicted octanol–water partition coefficient (Wildman–Crippen LogP) is 3.74. The van der Waals surface area contributed by atoms with E-state index in [9.17, 15) is 31.1 Å². The number of nitrogens with one attached hydrogen (secondary N) is 1. The highest BCUT2D eigenvalue weighted by molar-refractivity contribution is 6.06. The van der Waals surface area contributed by atoms with Crippen LogP contribution in [0, 0.1) is 0 Å². The Kier molecular flexibility index (Phi) is 4.36. The van der Waals surface area contributed by atoms with Crippen LogP contribution in [-0.2, 0) is 17.1 Å². The smallest absolute Gasteiger partial charge is 0.435 e. The molecule has 2 heterocycles. The van der Waals surface area contributed by atoms with E-state index in [1.54, 1.807) is 0 Å². The van der Waals surface area contributed by atoms with Crippen LogP contribution in [0.5, 0.6) is 0 Å². The molecule has 2 aromatic rings. The van der Waals surface area contributed by atoms with Gasteiger partial charge in [0.2, 0.25) is 0 Å². The number of hydrogen-bond acceptors (Lipinski definition) is 4. The molecule has 1 aromatic carbocycles. The number of amides is 1. The van der Waals surface area contributed by atoms with E-state index in [-0.39, 0.29) is 11.3 Å². The van der Waals surface area contributed by atoms with Gasteiger partial charge < -0.3 is 4.74 Å². The van der Waals surface area contributed by atoms with E-state index in [1.165, 1.54) is 13.0 Å². The fourth-order valence-corrected chi connectivity index (χ4v) is 2.47. The molecule has 1 atom stereocenters. The van der Waals surface area contributed by atoms with Gasteiger partial charge >= 0.3 is 18.4 Å². The number of aromatic nitrogens is 2. The highest BCUT2D eigenvalue weighted by Gasteiger charge is 2.37. The summed E-state index contributed by atoms with van der Waals surface area (Å²) in [6.45, 7) is 1.42. The van der Waals surface area contributed by atoms with Crippen molar-refractivity contribution in [3.63, 3.8) is 0 Å². The fourth-order valence-electron chi connectivity index (χ4n) is 2.47. The SMILES string of the molecule is CC1OC(=O)NN=C1c1ccc(-n2ccc(C(F)(F)F)n2)c(C(F)(F)F)c1. The predicted molar refractivity (Wildman–Crippen MR) is 79.2 cm³/mol. The summed E-state index contributed by atoms with van der Waals surface area (Å²) in [5.74, 6) is 0. The third-order valence-corrected chi connectivity index (χ3v) is 3.66. The maximum atomic E-state index is 13.5. The van der Waals surface area contributed by atoms with Gasteiger partial charge in [-0.3, -0.25) is 0 Å². The quantitative estimate of drug-likeness (QED) is 0.792. The third kappa shape index (κ3) is 3.73. The molecule has 0 radical (unpaired) electrons. The number of alkyl halides is 6. The zero-order chi connectivity index (χ0) is 20.0. The molecule has 1 N–H and O–H groups in total. The normalized spacial score (nSPS) is 18.0. The lowest BCUT2D eigenvalue weighted by Gasteiger charge is -2.21. The Hall–Kier alpha value is -3.05. The van der Waals surface area contributed by atoms with Gasteiger partial charge in [0.25, 0.3) is 0 Å². The summed E-state index contributed by atoms with van der Waals surface area (Å²) in [5, 5.41) is 6.85. The number of halogens is 6. The van der Waals surface area contributed by atoms with Crippen LogP contribution in [0.4, 0.5) is 31.1 Å². The van der Waals surface area contributed by atoms with Gasteiger partial charge in [0.05, 0.1) is 11.3 Å². The van der Waals surface area contributed by atoms with E-state index in [0.29, 0.717) is 16.8 Å². The van der Waals surface area contributed by atoms with Crippen LogP contribution < -0.4 is 5.43 Å². The summed E-state index contributed by atoms with van der Waals surface area (Å²) in [6.07, 6.45) is -10.6. The second-order valence-corrected chi connectivity index (χ2v) is 5.53. The summed E-state index contributed by atoms with van der Waals surface area (Å²) < 4.78 is 83.8. The van der Waals surface area contributed by atoms with E-state index in [1.807, 2.05) is 5.43 Å². The van der Waals surface area contributed by atoms with E-state index in [4.69, 9.17) is 4.74 Å². The van der Waals surface area contributed by atoms with E-state index < -0.39 is 41.5 Å². The van der Waals surface area contributed by atoms with Crippen LogP contribution in [0.3, 0.4) is 0 Å². The molecule has 6 nitrogen and oxygen atoms in total. The number of rotatable bonds is 2. The average Bonchev–Trinajstić information content (AvgIpc) is 3.03. The lowest BCUT2D eigenvalue weighted by atomic mass is 10.0. The average molecular weight is 392 g/mol. The Balaban J connectivity index is 2.09. The van der Waals surface area contributed by atoms with Gasteiger partial charge in [-0.25, -0.2) is 14.9 Å². The highest BCUT2D eigenvalue weighted by Crippen LogP contribution is 2.36. The fraction of sp³-hybridized carbons (Fsp3) is 0.267. The number of cyclic esters (lactones) is 1. The first-order valence-corrected chi connectivity index (χ1v) is 7.36. The van der Waals surface area contributed by atoms with Crippen molar-refractivity contribution in [2.24, 2.45) is 5.10 Å². The van der Waals surface area contributed by atoms with Crippen molar-refractivity contribution in [3.05, 3.63) is 47.3 Å². The van der Waals surface area contributed by atoms with Crippen LogP contribution in [0.2, 0.25) is 0 Å². The van der Waals surface area contributed by atoms with Gasteiger partial charge in [-0.15, -0.1) is 0 Å². The monoisotopic (exact) mass is 392 g/mol. The lowest BCUT2D eigenvalue weighted by molar-refractivity contribution is -0.141. The maximum Gasteiger partial charge on any atom is 0.435 e. The van der Waals surface area contributed by atoms with Gasteiger partial charge in [-0.2, -0.15) is 36.5 Å². The second-order valence-electron chi connectivity index (χ2n) is 5.53. The first kappa shape index (κ1) is 18.7. The summed E-state index contributed by atoms with van der Waals surface area (Å²) in [4.78, 5) is 11.1. The van der Waals surface area contributed by atoms with Crippen molar-refractivity contribution in [1.82, 2.24) is 15.2 Å². The van der Waals surface area contributed by atoms with Crippen LogP contribution in [0.15, 0.2) is 35.6 Å². The van der Waals surface area contributed by atoms with Crippen LogP contribution in [0.25, 0.3) is 5.69 Å². The maximum absolute atomic E-state index is 13.5. The van der Waals surface area contributed by atoms with E-state index in [2.05, 4.69) is 10.2 Å². The molecule has 0 fully saturated rings. The number of hydrazone groups is 1. The minimum atomic E-state index is -4.88. The van der Waals surface area contributed by atoms with Gasteiger partial charge in [0.15, 0.2) is 5.69 Å². The van der Waals surface area contributed by atoms with Gasteiger partial charge in [0.1, 0.15) is 11.8 Å². The Morgan fingerprint density at radius 1 is 1.11 bits per heavy atom. The van der Waals surface area contributed by atoms with Crippen LogP contribution in [0.1, 0.15) is 23.7 Å². The second kappa shape index (κ2) is 6.28. The summed E-state index contributed by atoms with van der Waals surface area (Å²) in [5.41, 5.74) is -1.12. The van der Waals surface area contributed by atoms with E-state index >= 15 is 0 Å². The molecule has 1 aliphatic heterocycles. The molecule has 1 aliphatic rings. The standard InChI is InChI=1S/C15H10F6N4O2/c1-7-12(22-23-13(26)27-7)8-2-3-10(9(6-8)14(16,17)18)25-5-4-11(24-25)15(19,20)21/h2-7H,1H3,(H,23,26). The molecule has 0 saturated carbocycles. The van der Waals surface area contributed by atoms with Crippen molar-refractivity contribution in [1.29, 1.82) is 0 Å². The first-order chi connectivity index (χ1) is 12.5. The minimum absolute atomic E-state index is 0.0122. The molecule has 1 amide bonds. The lowest BCUT2D eigenvalue weighted by Crippen LogP contribution is -2.37. The first-order valence-electron chi connectivity index (χ1n) is 7.36. The van der Waals surface area contributed by atoms with Crippen LogP contribution >= 0.6 is 0 Å². The Labute approximate surface area is 147 Å². The topological polar surface area (TPSA) is 68.5 Å². The zero-order valence-corrected chi connectivity index (χ0v) is 13.4. The molecule has 1 unspecified atom stereocenters. The molecular formula is C15H10F6N4O2. The van der Waals surface area contributed by atoms with Crippen molar-refractivity contribution < 1.29 is 35.9 Å². The van der Waals surface area contributed by atoms with E-state index in [0.717, 1.165) is 12.3 Å². The summed E-state index contributed by atoms with van der Waals surface area (Å²) >= 11 is 0. The van der Waals surface area contributed by atoms with Crippen molar-refractivity contribution in [3.8, 4) is 5.69 Å². The van der Waals surface area contributed by atoms with Gasteiger partial charge in [0, 0.05) is 11.8 Å². The number of hydrogen-bond donors (Lipinski definition) is 1. The van der Waals surface area contributed by atoms with Gasteiger partial charge in [-0.05, 0) is 25.1 Å². The largest absolute Gasteiger partial charge is 0.439 e. The molecule has 27 heavy (non-hydrogen) atoms. The number of nitrogens with zero attached hydrogens (tertiary/aromatic N) is 3. The number of benzene rings is 1. The highest BCUT2D eigenvalue weighted by atomic mass is 19.4. The van der Waals surface area contributed by atoms with Crippen molar-refractivity contribution in [2.45, 2.75) is 25.4 Å². The molecule has 0 bridgehead atoms. The Morgan fingerprint density at radius 2 is 1.81 bits per heavy atom. The molecule has 0 aliphatic carbocycles. The molecule has 0 spiro atoms. The zero-order valence-electron chi connectivity index (χ0n) is 13.4. The molecule has 144 valence electrons. The third-order valence-electron chi connectivity index (χ3n) is 3.66. The van der Waals surface area contributed by atoms with Gasteiger partial charge in [-0.1, -0.05) is 6.07 Å².